The summed E-state index contributed by atoms with van der Waals surface area (Å²) >= 11 is 0. The first-order valence-corrected chi connectivity index (χ1v) is 10.9. The van der Waals surface area contributed by atoms with Gasteiger partial charge in [-0.1, -0.05) is 0 Å². The highest BCUT2D eigenvalue weighted by molar-refractivity contribution is 6.05. The number of nitrogens with zero attached hydrogens (tertiary/aromatic N) is 5. The number of rotatable bonds is 4. The van der Waals surface area contributed by atoms with Crippen LogP contribution in [0.25, 0.3) is 22.6 Å². The number of hydrogen-bond donors (Lipinski definition) is 3. The van der Waals surface area contributed by atoms with Crippen LogP contribution < -0.4 is 16.8 Å². The van der Waals surface area contributed by atoms with E-state index < -0.39 is 0 Å². The highest BCUT2D eigenvalue weighted by Gasteiger charge is 2.56. The average molecular weight is 422 g/mol. The molecule has 3 heterocycles. The number of nitrogen functional groups attached to an aromatic ring is 1. The predicted molar refractivity (Wildman–Crippen MR) is 113 cm³/mol. The van der Waals surface area contributed by atoms with Crippen LogP contribution in [0.3, 0.4) is 0 Å². The van der Waals surface area contributed by atoms with Crippen molar-refractivity contribution in [2.45, 2.75) is 63.1 Å². The number of anilines is 1. The van der Waals surface area contributed by atoms with Crippen molar-refractivity contribution in [3.05, 3.63) is 18.0 Å². The van der Waals surface area contributed by atoms with Crippen molar-refractivity contribution >= 4 is 22.8 Å². The van der Waals surface area contributed by atoms with Gasteiger partial charge in [-0.15, -0.1) is 0 Å². The molecule has 0 aliphatic heterocycles. The van der Waals surface area contributed by atoms with Crippen molar-refractivity contribution in [3.63, 3.8) is 0 Å². The minimum Gasteiger partial charge on any atom is -0.379 e. The molecule has 4 atom stereocenters. The van der Waals surface area contributed by atoms with Crippen molar-refractivity contribution < 1.29 is 9.42 Å². The lowest BCUT2D eigenvalue weighted by atomic mass is 9.50. The standard InChI is InChI=1S/C21H26N8O2/c1-2-29-16-13(8-24-9-14(16)25-18(29)15-17(22)28-31-27-15)19(30)26-21-6-11-3-12(7-21)5-20(23,4-11)10-21/h8-9,11-12H,2-7,10,23H2,1H3,(H2,22,28)(H,26,30)/t11-,12+,20?,21?. The second-order valence-electron chi connectivity index (χ2n) is 9.79. The van der Waals surface area contributed by atoms with Gasteiger partial charge in [-0.3, -0.25) is 9.78 Å². The Morgan fingerprint density at radius 3 is 2.68 bits per heavy atom. The Kier molecular flexibility index (Phi) is 3.78. The number of pyridine rings is 1. The summed E-state index contributed by atoms with van der Waals surface area (Å²) in [5.41, 5.74) is 14.4. The molecule has 3 aromatic heterocycles. The van der Waals surface area contributed by atoms with Crippen LogP contribution in [-0.2, 0) is 6.54 Å². The van der Waals surface area contributed by atoms with Gasteiger partial charge in [-0.25, -0.2) is 9.61 Å². The summed E-state index contributed by atoms with van der Waals surface area (Å²) in [7, 11) is 0. The zero-order valence-corrected chi connectivity index (χ0v) is 17.5. The number of carbonyl (C=O) groups excluding carboxylic acids is 1. The number of aryl methyl sites for hydroxylation is 1. The summed E-state index contributed by atoms with van der Waals surface area (Å²) in [4.78, 5) is 22.5. The van der Waals surface area contributed by atoms with E-state index in [2.05, 4.69) is 25.6 Å². The number of fused-ring (bicyclic) bond motifs is 1. The minimum absolute atomic E-state index is 0.129. The average Bonchev–Trinajstić information content (AvgIpc) is 3.27. The quantitative estimate of drug-likeness (QED) is 0.576. The molecule has 0 aromatic carbocycles. The summed E-state index contributed by atoms with van der Waals surface area (Å²) in [5, 5.41) is 10.9. The lowest BCUT2D eigenvalue weighted by Gasteiger charge is -2.61. The number of amides is 1. The topological polar surface area (TPSA) is 151 Å². The molecule has 4 fully saturated rings. The van der Waals surface area contributed by atoms with Crippen molar-refractivity contribution in [2.24, 2.45) is 17.6 Å². The van der Waals surface area contributed by atoms with Crippen LogP contribution in [0.5, 0.6) is 0 Å². The molecular formula is C21H26N8O2. The third-order valence-corrected chi connectivity index (χ3v) is 7.42. The SMILES string of the molecule is CCn1c(-c2nonc2N)nc2cncc(C(=O)NC34C[C@@H]5C[C@@H](CC(N)(C5)C3)C4)c21. The van der Waals surface area contributed by atoms with Crippen LogP contribution >= 0.6 is 0 Å². The number of hydrogen-bond acceptors (Lipinski definition) is 8. The smallest absolute Gasteiger partial charge is 0.255 e. The normalized spacial score (nSPS) is 31.4. The van der Waals surface area contributed by atoms with E-state index in [0.717, 1.165) is 32.1 Å². The van der Waals surface area contributed by atoms with Gasteiger partial charge in [0.25, 0.3) is 5.91 Å². The molecule has 10 nitrogen and oxygen atoms in total. The number of nitrogens with one attached hydrogen (secondary N) is 1. The largest absolute Gasteiger partial charge is 0.379 e. The minimum atomic E-state index is -0.224. The van der Waals surface area contributed by atoms with Gasteiger partial charge in [0.05, 0.1) is 17.3 Å². The molecule has 7 rings (SSSR count). The molecule has 10 heteroatoms. The van der Waals surface area contributed by atoms with Crippen LogP contribution in [0.4, 0.5) is 5.82 Å². The molecule has 4 aliphatic rings. The fourth-order valence-electron chi connectivity index (χ4n) is 6.88. The highest BCUT2D eigenvalue weighted by atomic mass is 16.6. The van der Waals surface area contributed by atoms with Gasteiger partial charge in [0.15, 0.2) is 17.3 Å². The second kappa shape index (κ2) is 6.25. The summed E-state index contributed by atoms with van der Waals surface area (Å²) in [6.07, 6.45) is 9.53. The first-order valence-electron chi connectivity index (χ1n) is 10.9. The molecule has 162 valence electrons. The zero-order chi connectivity index (χ0) is 21.4. The Morgan fingerprint density at radius 2 is 2.03 bits per heavy atom. The fourth-order valence-corrected chi connectivity index (χ4v) is 6.88. The van der Waals surface area contributed by atoms with E-state index in [-0.39, 0.29) is 22.8 Å². The van der Waals surface area contributed by atoms with E-state index in [4.69, 9.17) is 16.1 Å². The Morgan fingerprint density at radius 1 is 1.26 bits per heavy atom. The molecule has 4 bridgehead atoms. The van der Waals surface area contributed by atoms with E-state index in [1.54, 1.807) is 12.4 Å². The van der Waals surface area contributed by atoms with E-state index in [0.29, 0.717) is 46.5 Å². The van der Waals surface area contributed by atoms with Gasteiger partial charge < -0.3 is 21.4 Å². The predicted octanol–water partition coefficient (Wildman–Crippen LogP) is 1.86. The van der Waals surface area contributed by atoms with Crippen molar-refractivity contribution in [2.75, 3.05) is 5.73 Å². The first-order chi connectivity index (χ1) is 14.9. The second-order valence-corrected chi connectivity index (χ2v) is 9.79. The van der Waals surface area contributed by atoms with Gasteiger partial charge in [0, 0.05) is 23.8 Å². The van der Waals surface area contributed by atoms with Gasteiger partial charge in [0.1, 0.15) is 5.52 Å². The molecule has 0 radical (unpaired) electrons. The molecule has 1 amide bonds. The van der Waals surface area contributed by atoms with Crippen LogP contribution in [0.2, 0.25) is 0 Å². The molecule has 3 aromatic rings. The third kappa shape index (κ3) is 2.77. The van der Waals surface area contributed by atoms with E-state index in [1.165, 1.54) is 6.42 Å². The van der Waals surface area contributed by atoms with Crippen molar-refractivity contribution in [1.82, 2.24) is 30.2 Å². The Bertz CT molecular complexity index is 1180. The van der Waals surface area contributed by atoms with Gasteiger partial charge in [-0.05, 0) is 67.6 Å². The molecule has 0 saturated heterocycles. The maximum absolute atomic E-state index is 13.6. The monoisotopic (exact) mass is 422 g/mol. The molecule has 2 unspecified atom stereocenters. The number of aromatic nitrogens is 5. The molecule has 31 heavy (non-hydrogen) atoms. The molecule has 0 spiro atoms. The van der Waals surface area contributed by atoms with Crippen molar-refractivity contribution in [1.29, 1.82) is 0 Å². The Labute approximate surface area is 178 Å². The van der Waals surface area contributed by atoms with Crippen LogP contribution in [-0.4, -0.2) is 41.8 Å². The number of nitrogens with two attached hydrogens (primary N) is 2. The van der Waals surface area contributed by atoms with Crippen LogP contribution in [0, 0.1) is 11.8 Å². The van der Waals surface area contributed by atoms with Gasteiger partial charge in [0.2, 0.25) is 0 Å². The Balaban J connectivity index is 1.40. The number of carbonyl (C=O) groups is 1. The summed E-state index contributed by atoms with van der Waals surface area (Å²) in [5.74, 6) is 1.75. The first kappa shape index (κ1) is 18.7. The summed E-state index contributed by atoms with van der Waals surface area (Å²) < 4.78 is 6.66. The molecule has 5 N–H and O–H groups in total. The van der Waals surface area contributed by atoms with E-state index in [9.17, 15) is 4.79 Å². The van der Waals surface area contributed by atoms with Crippen molar-refractivity contribution in [3.8, 4) is 11.5 Å². The van der Waals surface area contributed by atoms with Crippen LogP contribution in [0.15, 0.2) is 17.0 Å². The lowest BCUT2D eigenvalue weighted by molar-refractivity contribution is -0.0320. The third-order valence-electron chi connectivity index (χ3n) is 7.42. The van der Waals surface area contributed by atoms with Gasteiger partial charge >= 0.3 is 0 Å². The maximum Gasteiger partial charge on any atom is 0.255 e. The summed E-state index contributed by atoms with van der Waals surface area (Å²) in [6.45, 7) is 2.55. The van der Waals surface area contributed by atoms with Crippen LogP contribution in [0.1, 0.15) is 55.8 Å². The zero-order valence-electron chi connectivity index (χ0n) is 17.5. The van der Waals surface area contributed by atoms with E-state index in [1.807, 2.05) is 11.5 Å². The Hall–Kier alpha value is -3.01. The van der Waals surface area contributed by atoms with E-state index >= 15 is 0 Å². The maximum atomic E-state index is 13.6. The fraction of sp³-hybridized carbons (Fsp3) is 0.571. The summed E-state index contributed by atoms with van der Waals surface area (Å²) in [6, 6.07) is 0. The van der Waals surface area contributed by atoms with Gasteiger partial charge in [-0.2, -0.15) is 0 Å². The molecule has 4 saturated carbocycles. The lowest BCUT2D eigenvalue weighted by Crippen LogP contribution is -2.68. The molecule has 4 aliphatic carbocycles. The molecular weight excluding hydrogens is 396 g/mol. The highest BCUT2D eigenvalue weighted by Crippen LogP contribution is 2.56. The number of imidazole rings is 1.